The van der Waals surface area contributed by atoms with E-state index in [0.717, 1.165) is 36.6 Å². The van der Waals surface area contributed by atoms with E-state index in [9.17, 15) is 4.79 Å². The van der Waals surface area contributed by atoms with E-state index in [1.807, 2.05) is 13.8 Å². The van der Waals surface area contributed by atoms with Gasteiger partial charge in [-0.2, -0.15) is 0 Å². The topological polar surface area (TPSA) is 61.4 Å². The van der Waals surface area contributed by atoms with E-state index in [-0.39, 0.29) is 11.7 Å². The smallest absolute Gasteiger partial charge is 0.291 e. The number of aryl methyl sites for hydroxylation is 2. The molecule has 1 aliphatic heterocycles. The predicted molar refractivity (Wildman–Crippen MR) is 113 cm³/mol. The van der Waals surface area contributed by atoms with Crippen molar-refractivity contribution in [2.75, 3.05) is 32.1 Å². The fraction of sp³-hybridized carbons (Fsp3) is 0.500. The fourth-order valence-electron chi connectivity index (χ4n) is 3.61. The van der Waals surface area contributed by atoms with Crippen LogP contribution in [-0.4, -0.2) is 54.0 Å². The van der Waals surface area contributed by atoms with Crippen molar-refractivity contribution in [2.45, 2.75) is 46.2 Å². The van der Waals surface area contributed by atoms with Gasteiger partial charge in [0.1, 0.15) is 5.82 Å². The highest BCUT2D eigenvalue weighted by molar-refractivity contribution is 5.90. The summed E-state index contributed by atoms with van der Waals surface area (Å²) in [7, 11) is 3.45. The second-order valence-electron chi connectivity index (χ2n) is 8.01. The number of rotatable bonds is 5. The number of carbonyl (C=O) groups excluding carboxylic acids is 1. The maximum absolute atomic E-state index is 12.3. The third-order valence-corrected chi connectivity index (χ3v) is 5.51. The summed E-state index contributed by atoms with van der Waals surface area (Å²) in [5.74, 6) is 0.990. The third kappa shape index (κ3) is 4.33. The van der Waals surface area contributed by atoms with Crippen LogP contribution < -0.4 is 10.2 Å². The fourth-order valence-corrected chi connectivity index (χ4v) is 3.61. The van der Waals surface area contributed by atoms with Gasteiger partial charge < -0.3 is 15.1 Å². The Balaban J connectivity index is 1.72. The molecule has 1 aromatic carbocycles. The largest absolute Gasteiger partial charge is 0.355 e. The third-order valence-electron chi connectivity index (χ3n) is 5.51. The molecule has 1 aliphatic rings. The Morgan fingerprint density at radius 1 is 1.18 bits per heavy atom. The lowest BCUT2D eigenvalue weighted by Crippen LogP contribution is -2.35. The number of benzene rings is 1. The van der Waals surface area contributed by atoms with Crippen LogP contribution in [0.2, 0.25) is 0 Å². The van der Waals surface area contributed by atoms with Gasteiger partial charge >= 0.3 is 0 Å². The van der Waals surface area contributed by atoms with Gasteiger partial charge in [0.25, 0.3) is 5.91 Å². The molecule has 0 spiro atoms. The molecule has 0 radical (unpaired) electrons. The van der Waals surface area contributed by atoms with Crippen molar-refractivity contribution < 1.29 is 4.79 Å². The highest BCUT2D eigenvalue weighted by Gasteiger charge is 2.27. The molecular formula is C22H31N5O. The molecule has 3 rings (SSSR count). The van der Waals surface area contributed by atoms with Crippen LogP contribution in [0.4, 0.5) is 5.82 Å². The second-order valence-corrected chi connectivity index (χ2v) is 8.01. The molecule has 2 atom stereocenters. The van der Waals surface area contributed by atoms with Crippen molar-refractivity contribution >= 4 is 11.7 Å². The first-order valence-electron chi connectivity index (χ1n) is 9.90. The number of hydrogen-bond acceptors (Lipinski definition) is 5. The van der Waals surface area contributed by atoms with Crippen molar-refractivity contribution in [3.63, 3.8) is 0 Å². The van der Waals surface area contributed by atoms with Crippen molar-refractivity contribution in [1.82, 2.24) is 20.2 Å². The summed E-state index contributed by atoms with van der Waals surface area (Å²) < 4.78 is 0. The molecule has 1 N–H and O–H groups in total. The minimum absolute atomic E-state index is 0.161. The number of anilines is 1. The van der Waals surface area contributed by atoms with Gasteiger partial charge in [0.2, 0.25) is 5.82 Å². The molecule has 1 amide bonds. The zero-order valence-electron chi connectivity index (χ0n) is 17.8. The van der Waals surface area contributed by atoms with Crippen molar-refractivity contribution in [3.8, 4) is 0 Å². The zero-order chi connectivity index (χ0) is 20.4. The number of aromatic nitrogens is 2. The summed E-state index contributed by atoms with van der Waals surface area (Å²) in [4.78, 5) is 25.1. The monoisotopic (exact) mass is 381 g/mol. The number of nitrogens with one attached hydrogen (secondary N) is 1. The maximum atomic E-state index is 12.3. The quantitative estimate of drug-likeness (QED) is 0.863. The lowest BCUT2D eigenvalue weighted by Gasteiger charge is -2.23. The van der Waals surface area contributed by atoms with Gasteiger partial charge in [-0.15, -0.1) is 0 Å². The summed E-state index contributed by atoms with van der Waals surface area (Å²) in [6, 6.07) is 9.38. The molecule has 6 heteroatoms. The molecule has 2 aromatic rings. The molecule has 1 fully saturated rings. The van der Waals surface area contributed by atoms with Gasteiger partial charge in [-0.1, -0.05) is 29.8 Å². The SMILES string of the molecule is Cc1ccc(C(C)N[C@@H]2CCN(c3nc(C(=O)N(C)C)nc(C)c3C)C2)cc1. The first kappa shape index (κ1) is 20.3. The molecule has 1 unspecified atom stereocenters. The van der Waals surface area contributed by atoms with E-state index in [2.05, 4.69) is 58.3 Å². The highest BCUT2D eigenvalue weighted by atomic mass is 16.2. The van der Waals surface area contributed by atoms with Gasteiger partial charge in [-0.25, -0.2) is 9.97 Å². The Hall–Kier alpha value is -2.47. The second kappa shape index (κ2) is 8.27. The van der Waals surface area contributed by atoms with E-state index in [1.54, 1.807) is 14.1 Å². The minimum atomic E-state index is -0.161. The summed E-state index contributed by atoms with van der Waals surface area (Å²) in [5.41, 5.74) is 4.49. The minimum Gasteiger partial charge on any atom is -0.355 e. The molecule has 2 heterocycles. The Bertz CT molecular complexity index is 847. The summed E-state index contributed by atoms with van der Waals surface area (Å²) in [6.07, 6.45) is 1.05. The van der Waals surface area contributed by atoms with Crippen LogP contribution in [0.1, 0.15) is 52.4 Å². The van der Waals surface area contributed by atoms with E-state index in [4.69, 9.17) is 0 Å². The summed E-state index contributed by atoms with van der Waals surface area (Å²) in [5, 5.41) is 3.74. The van der Waals surface area contributed by atoms with Gasteiger partial charge in [-0.3, -0.25) is 4.79 Å². The Kier molecular flexibility index (Phi) is 5.98. The molecule has 0 saturated carbocycles. The van der Waals surface area contributed by atoms with E-state index in [0.29, 0.717) is 12.1 Å². The molecule has 28 heavy (non-hydrogen) atoms. The first-order chi connectivity index (χ1) is 13.3. The molecular weight excluding hydrogens is 350 g/mol. The van der Waals surface area contributed by atoms with Gasteiger partial charge in [0, 0.05) is 50.5 Å². The average molecular weight is 382 g/mol. The van der Waals surface area contributed by atoms with Crippen LogP contribution in [0.5, 0.6) is 0 Å². The van der Waals surface area contributed by atoms with Gasteiger partial charge in [0.15, 0.2) is 0 Å². The molecule has 0 bridgehead atoms. The highest BCUT2D eigenvalue weighted by Crippen LogP contribution is 2.25. The maximum Gasteiger partial charge on any atom is 0.291 e. The van der Waals surface area contributed by atoms with Crippen molar-refractivity contribution in [1.29, 1.82) is 0 Å². The lowest BCUT2D eigenvalue weighted by molar-refractivity contribution is 0.0815. The van der Waals surface area contributed by atoms with Crippen LogP contribution in [-0.2, 0) is 0 Å². The lowest BCUT2D eigenvalue weighted by atomic mass is 10.1. The number of nitrogens with zero attached hydrogens (tertiary/aromatic N) is 4. The van der Waals surface area contributed by atoms with Gasteiger partial charge in [-0.05, 0) is 39.7 Å². The zero-order valence-corrected chi connectivity index (χ0v) is 17.8. The van der Waals surface area contributed by atoms with Crippen molar-refractivity contribution in [2.24, 2.45) is 0 Å². The molecule has 1 aromatic heterocycles. The first-order valence-corrected chi connectivity index (χ1v) is 9.90. The Labute approximate surface area is 168 Å². The molecule has 0 aliphatic carbocycles. The van der Waals surface area contributed by atoms with Crippen LogP contribution in [0.25, 0.3) is 0 Å². The Morgan fingerprint density at radius 2 is 1.86 bits per heavy atom. The van der Waals surface area contributed by atoms with Crippen LogP contribution in [0, 0.1) is 20.8 Å². The summed E-state index contributed by atoms with van der Waals surface area (Å²) in [6.45, 7) is 10.1. The number of hydrogen-bond donors (Lipinski definition) is 1. The standard InChI is InChI=1S/C22H31N5O/c1-14-7-9-18(10-8-14)17(4)23-19-11-12-27(13-19)21-15(2)16(3)24-20(25-21)22(28)26(5)6/h7-10,17,19,23H,11-13H2,1-6H3/t17?,19-/m1/s1. The predicted octanol–water partition coefficient (Wildman–Crippen LogP) is 3.03. The molecule has 6 nitrogen and oxygen atoms in total. The summed E-state index contributed by atoms with van der Waals surface area (Å²) >= 11 is 0. The van der Waals surface area contributed by atoms with Crippen molar-refractivity contribution in [3.05, 3.63) is 52.5 Å². The number of amides is 1. The Morgan fingerprint density at radius 3 is 2.50 bits per heavy atom. The van der Waals surface area contributed by atoms with E-state index in [1.165, 1.54) is 16.0 Å². The van der Waals surface area contributed by atoms with E-state index >= 15 is 0 Å². The average Bonchev–Trinajstić information content (AvgIpc) is 3.11. The molecule has 1 saturated heterocycles. The van der Waals surface area contributed by atoms with E-state index < -0.39 is 0 Å². The molecule has 150 valence electrons. The normalized spacial score (nSPS) is 17.6. The van der Waals surface area contributed by atoms with Gasteiger partial charge in [0.05, 0.1) is 0 Å². The van der Waals surface area contributed by atoms with Crippen LogP contribution in [0.15, 0.2) is 24.3 Å². The van der Waals surface area contributed by atoms with Crippen LogP contribution in [0.3, 0.4) is 0 Å². The number of carbonyl (C=O) groups is 1. The van der Waals surface area contributed by atoms with Crippen LogP contribution >= 0.6 is 0 Å².